The van der Waals surface area contributed by atoms with Crippen LogP contribution in [0, 0.1) is 30.4 Å². The van der Waals surface area contributed by atoms with E-state index in [1.54, 1.807) is 18.5 Å². The van der Waals surface area contributed by atoms with Crippen LogP contribution in [0.3, 0.4) is 0 Å². The Labute approximate surface area is 197 Å². The van der Waals surface area contributed by atoms with E-state index in [1.165, 1.54) is 17.2 Å². The molecule has 6 nitrogen and oxygen atoms in total. The van der Waals surface area contributed by atoms with Gasteiger partial charge >= 0.3 is 0 Å². The lowest BCUT2D eigenvalue weighted by molar-refractivity contribution is -0.183. The Morgan fingerprint density at radius 3 is 2.62 bits per heavy atom. The summed E-state index contributed by atoms with van der Waals surface area (Å²) in [5.74, 6) is 0.385. The number of amides is 1. The zero-order valence-electron chi connectivity index (χ0n) is 19.2. The number of nitrogens with zero attached hydrogens (tertiary/aromatic N) is 4. The number of hydrogen-bond acceptors (Lipinski definition) is 4. The molecule has 5 rings (SSSR count). The van der Waals surface area contributed by atoms with Gasteiger partial charge in [0, 0.05) is 36.6 Å². The molecule has 2 fully saturated rings. The molecular formula is C26H28F2N4O2. The number of rotatable bonds is 5. The van der Waals surface area contributed by atoms with Crippen molar-refractivity contribution in [3.05, 3.63) is 77.6 Å². The van der Waals surface area contributed by atoms with Crippen molar-refractivity contribution in [2.24, 2.45) is 11.8 Å². The second kappa shape index (κ2) is 9.62. The van der Waals surface area contributed by atoms with Gasteiger partial charge in [0.25, 0.3) is 0 Å². The lowest BCUT2D eigenvalue weighted by atomic mass is 9.78. The summed E-state index contributed by atoms with van der Waals surface area (Å²) in [6, 6.07) is 6.26. The van der Waals surface area contributed by atoms with Gasteiger partial charge in [0.05, 0.1) is 18.8 Å². The number of hydroxylamine groups is 2. The Morgan fingerprint density at radius 2 is 1.88 bits per heavy atom. The van der Waals surface area contributed by atoms with Gasteiger partial charge in [-0.15, -0.1) is 0 Å². The van der Waals surface area contributed by atoms with E-state index in [-0.39, 0.29) is 23.7 Å². The average Bonchev–Trinajstić information content (AvgIpc) is 3.48. The van der Waals surface area contributed by atoms with Gasteiger partial charge in [-0.05, 0) is 80.3 Å². The molecule has 2 aliphatic rings. The Morgan fingerprint density at radius 1 is 1.06 bits per heavy atom. The minimum atomic E-state index is -0.416. The van der Waals surface area contributed by atoms with Crippen molar-refractivity contribution in [2.45, 2.75) is 51.5 Å². The smallest absolute Gasteiger partial charge is 0.249 e. The van der Waals surface area contributed by atoms with Crippen molar-refractivity contribution in [1.29, 1.82) is 0 Å². The molecule has 1 saturated heterocycles. The Balaban J connectivity index is 1.21. The van der Waals surface area contributed by atoms with Crippen LogP contribution in [0.25, 0.3) is 5.69 Å². The highest BCUT2D eigenvalue weighted by Gasteiger charge is 2.37. The molecule has 0 N–H and O–H groups in total. The van der Waals surface area contributed by atoms with E-state index in [2.05, 4.69) is 9.97 Å². The van der Waals surface area contributed by atoms with Crippen LogP contribution in [0.1, 0.15) is 55.1 Å². The molecule has 0 radical (unpaired) electrons. The monoisotopic (exact) mass is 466 g/mol. The maximum atomic E-state index is 14.3. The number of hydrogen-bond donors (Lipinski definition) is 0. The fourth-order valence-electron chi connectivity index (χ4n) is 5.27. The second-order valence-electron chi connectivity index (χ2n) is 9.32. The molecule has 2 aromatic heterocycles. The van der Waals surface area contributed by atoms with Crippen LogP contribution in [0.5, 0.6) is 0 Å². The average molecular weight is 467 g/mol. The zero-order chi connectivity index (χ0) is 23.7. The highest BCUT2D eigenvalue weighted by molar-refractivity contribution is 5.78. The van der Waals surface area contributed by atoms with Crippen LogP contribution < -0.4 is 0 Å². The third kappa shape index (κ3) is 4.73. The highest BCUT2D eigenvalue weighted by atomic mass is 19.1. The molecule has 3 aromatic rings. The number of aromatic nitrogens is 3. The van der Waals surface area contributed by atoms with Gasteiger partial charge in [0.15, 0.2) is 0 Å². The van der Waals surface area contributed by atoms with Crippen LogP contribution >= 0.6 is 0 Å². The first-order valence-electron chi connectivity index (χ1n) is 11.8. The molecule has 0 unspecified atom stereocenters. The van der Waals surface area contributed by atoms with Gasteiger partial charge in [0.2, 0.25) is 5.91 Å². The van der Waals surface area contributed by atoms with Gasteiger partial charge in [-0.25, -0.2) is 18.8 Å². The Kier molecular flexibility index (Phi) is 6.41. The van der Waals surface area contributed by atoms with Gasteiger partial charge < -0.3 is 4.57 Å². The molecule has 1 saturated carbocycles. The van der Waals surface area contributed by atoms with Crippen LogP contribution in [-0.2, 0) is 16.1 Å². The molecule has 8 heteroatoms. The predicted octanol–water partition coefficient (Wildman–Crippen LogP) is 5.11. The fraction of sp³-hybridized carbons (Fsp3) is 0.423. The van der Waals surface area contributed by atoms with E-state index in [4.69, 9.17) is 4.84 Å². The van der Waals surface area contributed by atoms with Crippen molar-refractivity contribution in [3.8, 4) is 5.69 Å². The zero-order valence-corrected chi connectivity index (χ0v) is 19.2. The predicted molar refractivity (Wildman–Crippen MR) is 122 cm³/mol. The van der Waals surface area contributed by atoms with Crippen LogP contribution in [-0.4, -0.2) is 32.1 Å². The minimum Gasteiger partial charge on any atom is -0.304 e. The topological polar surface area (TPSA) is 60.2 Å². The first kappa shape index (κ1) is 22.7. The molecule has 178 valence electrons. The number of imidazole rings is 1. The summed E-state index contributed by atoms with van der Waals surface area (Å²) < 4.78 is 29.8. The Bertz CT molecular complexity index is 1170. The van der Waals surface area contributed by atoms with E-state index in [1.807, 2.05) is 23.8 Å². The highest BCUT2D eigenvalue weighted by Crippen LogP contribution is 2.37. The van der Waals surface area contributed by atoms with Gasteiger partial charge in [-0.2, -0.15) is 0 Å². The summed E-state index contributed by atoms with van der Waals surface area (Å²) in [6.07, 6.45) is 11.0. The lowest BCUT2D eigenvalue weighted by Crippen LogP contribution is -2.36. The van der Waals surface area contributed by atoms with Crippen molar-refractivity contribution in [2.75, 3.05) is 6.61 Å². The van der Waals surface area contributed by atoms with E-state index >= 15 is 0 Å². The first-order valence-corrected chi connectivity index (χ1v) is 11.8. The summed E-state index contributed by atoms with van der Waals surface area (Å²) in [7, 11) is 0. The van der Waals surface area contributed by atoms with Crippen molar-refractivity contribution >= 4 is 5.91 Å². The van der Waals surface area contributed by atoms with Gasteiger partial charge in [-0.3, -0.25) is 14.6 Å². The van der Waals surface area contributed by atoms with Crippen LogP contribution in [0.4, 0.5) is 8.78 Å². The molecule has 1 aliphatic carbocycles. The summed E-state index contributed by atoms with van der Waals surface area (Å²) >= 11 is 0. The van der Waals surface area contributed by atoms with Crippen molar-refractivity contribution < 1.29 is 18.4 Å². The first-order chi connectivity index (χ1) is 16.5. The third-order valence-electron chi connectivity index (χ3n) is 7.00. The summed E-state index contributed by atoms with van der Waals surface area (Å²) in [5.41, 5.74) is 2.40. The van der Waals surface area contributed by atoms with Gasteiger partial charge in [0.1, 0.15) is 17.5 Å². The van der Waals surface area contributed by atoms with Crippen LogP contribution in [0.2, 0.25) is 0 Å². The van der Waals surface area contributed by atoms with E-state index in [9.17, 15) is 13.6 Å². The Hall–Kier alpha value is -3.13. The van der Waals surface area contributed by atoms with Crippen molar-refractivity contribution in [3.63, 3.8) is 0 Å². The van der Waals surface area contributed by atoms with Crippen LogP contribution in [0.15, 0.2) is 49.1 Å². The number of pyridine rings is 1. The molecule has 0 spiro atoms. The third-order valence-corrected chi connectivity index (χ3v) is 7.00. The maximum absolute atomic E-state index is 14.3. The number of carbonyl (C=O) groups is 1. The molecule has 1 amide bonds. The van der Waals surface area contributed by atoms with Gasteiger partial charge in [-0.1, -0.05) is 0 Å². The molecule has 3 heterocycles. The quantitative estimate of drug-likeness (QED) is 0.525. The molecule has 1 aromatic carbocycles. The second-order valence-corrected chi connectivity index (χ2v) is 9.32. The molecule has 34 heavy (non-hydrogen) atoms. The number of benzene rings is 1. The normalized spacial score (nSPS) is 22.8. The maximum Gasteiger partial charge on any atom is 0.249 e. The molecular weight excluding hydrogens is 438 g/mol. The SMILES string of the molecule is Cc1nccn1-c1cc(F)cc(CC2CCC(C(=O)N3OCC[C@H]3c3cncc(F)c3)CC2)c1. The summed E-state index contributed by atoms with van der Waals surface area (Å²) in [6.45, 7) is 2.32. The number of halogens is 2. The largest absolute Gasteiger partial charge is 0.304 e. The summed E-state index contributed by atoms with van der Waals surface area (Å²) in [5, 5.41) is 1.44. The number of aryl methyl sites for hydroxylation is 1. The molecule has 1 atom stereocenters. The molecule has 0 bridgehead atoms. The standard InChI is InChI=1S/C26H28F2N4O2/c1-17-30-7-8-31(17)24-12-19(11-22(27)14-24)10-18-2-4-20(5-3-18)26(33)32-25(6-9-34-32)21-13-23(28)16-29-15-21/h7-8,11-16,18,20,25H,2-6,9-10H2,1H3/t18?,20?,25-/m0/s1. The summed E-state index contributed by atoms with van der Waals surface area (Å²) in [4.78, 5) is 27.0. The van der Waals surface area contributed by atoms with E-state index < -0.39 is 5.82 Å². The molecule has 1 aliphatic heterocycles. The minimum absolute atomic E-state index is 0.0335. The fourth-order valence-corrected chi connectivity index (χ4v) is 5.27. The van der Waals surface area contributed by atoms with E-state index in [0.29, 0.717) is 24.5 Å². The van der Waals surface area contributed by atoms with E-state index in [0.717, 1.165) is 55.4 Å². The van der Waals surface area contributed by atoms with Crippen molar-refractivity contribution in [1.82, 2.24) is 19.6 Å². The lowest BCUT2D eigenvalue weighted by Gasteiger charge is -2.32. The number of carbonyl (C=O) groups excluding carboxylic acids is 1.